The zero-order chi connectivity index (χ0) is 11.5. The molecule has 0 aromatic carbocycles. The van der Waals surface area contributed by atoms with E-state index in [-0.39, 0.29) is 17.8 Å². The minimum Gasteiger partial charge on any atom is -0.384 e. The molecule has 1 saturated heterocycles. The standard InChI is InChI=1S/C9H20N2O3S/c1-9(7-10)3-4-11(8-9)15(12,13)6-5-14-2/h3-8,10H2,1-2H3. The van der Waals surface area contributed by atoms with E-state index in [1.165, 1.54) is 11.4 Å². The van der Waals surface area contributed by atoms with Crippen LogP contribution in [-0.2, 0) is 14.8 Å². The smallest absolute Gasteiger partial charge is 0.216 e. The molecule has 0 radical (unpaired) electrons. The first-order valence-electron chi connectivity index (χ1n) is 5.10. The van der Waals surface area contributed by atoms with Crippen molar-refractivity contribution in [2.45, 2.75) is 13.3 Å². The molecular weight excluding hydrogens is 216 g/mol. The van der Waals surface area contributed by atoms with Gasteiger partial charge in [0.2, 0.25) is 10.0 Å². The molecular formula is C9H20N2O3S. The number of nitrogens with zero attached hydrogens (tertiary/aromatic N) is 1. The van der Waals surface area contributed by atoms with Crippen LogP contribution in [0.3, 0.4) is 0 Å². The van der Waals surface area contributed by atoms with Crippen molar-refractivity contribution in [2.75, 3.05) is 39.1 Å². The molecule has 1 aliphatic heterocycles. The summed E-state index contributed by atoms with van der Waals surface area (Å²) in [5, 5.41) is 0. The minimum absolute atomic E-state index is 0.0554. The first kappa shape index (κ1) is 12.9. The molecule has 0 aromatic heterocycles. The Bertz CT molecular complexity index is 304. The van der Waals surface area contributed by atoms with Gasteiger partial charge >= 0.3 is 0 Å². The van der Waals surface area contributed by atoms with Crippen molar-refractivity contribution in [3.63, 3.8) is 0 Å². The van der Waals surface area contributed by atoms with Crippen LogP contribution in [0.5, 0.6) is 0 Å². The van der Waals surface area contributed by atoms with Gasteiger partial charge in [-0.2, -0.15) is 0 Å². The van der Waals surface area contributed by atoms with Gasteiger partial charge in [0.05, 0.1) is 12.4 Å². The summed E-state index contributed by atoms with van der Waals surface area (Å²) >= 11 is 0. The number of rotatable bonds is 5. The average Bonchev–Trinajstić information content (AvgIpc) is 2.60. The van der Waals surface area contributed by atoms with Crippen LogP contribution in [0.4, 0.5) is 0 Å². The Kier molecular flexibility index (Phi) is 4.11. The van der Waals surface area contributed by atoms with Crippen molar-refractivity contribution in [3.05, 3.63) is 0 Å². The first-order valence-corrected chi connectivity index (χ1v) is 6.71. The van der Waals surface area contributed by atoms with Crippen LogP contribution >= 0.6 is 0 Å². The van der Waals surface area contributed by atoms with Gasteiger partial charge in [-0.3, -0.25) is 0 Å². The lowest BCUT2D eigenvalue weighted by Crippen LogP contribution is -2.36. The number of hydrogen-bond acceptors (Lipinski definition) is 4. The molecule has 6 heteroatoms. The Hall–Kier alpha value is -0.170. The molecule has 1 aliphatic rings. The van der Waals surface area contributed by atoms with Crippen LogP contribution in [0, 0.1) is 5.41 Å². The first-order chi connectivity index (χ1) is 6.93. The molecule has 5 nitrogen and oxygen atoms in total. The molecule has 0 saturated carbocycles. The normalized spacial score (nSPS) is 28.5. The highest BCUT2D eigenvalue weighted by Gasteiger charge is 2.37. The summed E-state index contributed by atoms with van der Waals surface area (Å²) in [7, 11) is -1.65. The Labute approximate surface area is 91.6 Å². The van der Waals surface area contributed by atoms with Crippen LogP contribution in [0.15, 0.2) is 0 Å². The van der Waals surface area contributed by atoms with Crippen molar-refractivity contribution < 1.29 is 13.2 Å². The van der Waals surface area contributed by atoms with E-state index in [0.29, 0.717) is 19.6 Å². The Balaban J connectivity index is 2.60. The third-order valence-corrected chi connectivity index (χ3v) is 4.74. The van der Waals surface area contributed by atoms with E-state index in [1.54, 1.807) is 0 Å². The summed E-state index contributed by atoms with van der Waals surface area (Å²) in [6.07, 6.45) is 0.843. The van der Waals surface area contributed by atoms with Crippen LogP contribution in [0.1, 0.15) is 13.3 Å². The van der Waals surface area contributed by atoms with E-state index in [4.69, 9.17) is 10.5 Å². The van der Waals surface area contributed by atoms with Crippen LogP contribution in [0.25, 0.3) is 0 Å². The molecule has 1 rings (SSSR count). The second kappa shape index (κ2) is 4.78. The molecule has 0 amide bonds. The maximum atomic E-state index is 11.8. The van der Waals surface area contributed by atoms with Gasteiger partial charge in [-0.25, -0.2) is 12.7 Å². The predicted molar refractivity (Wildman–Crippen MR) is 59.0 cm³/mol. The molecule has 1 heterocycles. The molecule has 0 bridgehead atoms. The zero-order valence-corrected chi connectivity index (χ0v) is 10.2. The van der Waals surface area contributed by atoms with Crippen molar-refractivity contribution in [3.8, 4) is 0 Å². The van der Waals surface area contributed by atoms with Crippen molar-refractivity contribution in [1.29, 1.82) is 0 Å². The SMILES string of the molecule is COCCS(=O)(=O)N1CCC(C)(CN)C1. The van der Waals surface area contributed by atoms with Gasteiger partial charge < -0.3 is 10.5 Å². The summed E-state index contributed by atoms with van der Waals surface area (Å²) in [5.41, 5.74) is 5.57. The maximum absolute atomic E-state index is 11.8. The molecule has 1 unspecified atom stereocenters. The lowest BCUT2D eigenvalue weighted by atomic mass is 9.90. The molecule has 2 N–H and O–H groups in total. The van der Waals surface area contributed by atoms with Crippen LogP contribution < -0.4 is 5.73 Å². The fourth-order valence-corrected chi connectivity index (χ4v) is 3.21. The lowest BCUT2D eigenvalue weighted by Gasteiger charge is -2.22. The molecule has 1 atom stereocenters. The maximum Gasteiger partial charge on any atom is 0.216 e. The largest absolute Gasteiger partial charge is 0.384 e. The van der Waals surface area contributed by atoms with E-state index in [1.807, 2.05) is 6.92 Å². The summed E-state index contributed by atoms with van der Waals surface area (Å²) in [5.74, 6) is 0.0597. The van der Waals surface area contributed by atoms with Crippen LogP contribution in [-0.4, -0.2) is 51.8 Å². The highest BCUT2D eigenvalue weighted by molar-refractivity contribution is 7.89. The van der Waals surface area contributed by atoms with E-state index >= 15 is 0 Å². The number of methoxy groups -OCH3 is 1. The average molecular weight is 236 g/mol. The molecule has 90 valence electrons. The Morgan fingerprint density at radius 1 is 1.53 bits per heavy atom. The summed E-state index contributed by atoms with van der Waals surface area (Å²) in [6, 6.07) is 0. The molecule has 0 aliphatic carbocycles. The van der Waals surface area contributed by atoms with Gasteiger partial charge in [0.1, 0.15) is 0 Å². The fraction of sp³-hybridized carbons (Fsp3) is 1.00. The van der Waals surface area contributed by atoms with Gasteiger partial charge in [-0.1, -0.05) is 6.92 Å². The van der Waals surface area contributed by atoms with Gasteiger partial charge in [-0.15, -0.1) is 0 Å². The molecule has 0 spiro atoms. The molecule has 0 aromatic rings. The number of nitrogens with two attached hydrogens (primary N) is 1. The van der Waals surface area contributed by atoms with E-state index < -0.39 is 10.0 Å². The Morgan fingerprint density at radius 2 is 2.20 bits per heavy atom. The summed E-state index contributed by atoms with van der Waals surface area (Å²) in [4.78, 5) is 0. The molecule has 15 heavy (non-hydrogen) atoms. The third-order valence-electron chi connectivity index (χ3n) is 2.95. The topological polar surface area (TPSA) is 72.6 Å². The van der Waals surface area contributed by atoms with E-state index in [0.717, 1.165) is 6.42 Å². The second-order valence-corrected chi connectivity index (χ2v) is 6.50. The van der Waals surface area contributed by atoms with Crippen LogP contribution in [0.2, 0.25) is 0 Å². The Morgan fingerprint density at radius 3 is 2.67 bits per heavy atom. The third kappa shape index (κ3) is 3.14. The van der Waals surface area contributed by atoms with Crippen molar-refractivity contribution >= 4 is 10.0 Å². The van der Waals surface area contributed by atoms with Gasteiger partial charge in [0, 0.05) is 20.2 Å². The van der Waals surface area contributed by atoms with Crippen molar-refractivity contribution in [2.24, 2.45) is 11.1 Å². The summed E-state index contributed by atoms with van der Waals surface area (Å²) < 4.78 is 29.9. The highest BCUT2D eigenvalue weighted by atomic mass is 32.2. The fourth-order valence-electron chi connectivity index (χ4n) is 1.70. The number of ether oxygens (including phenoxy) is 1. The summed E-state index contributed by atoms with van der Waals surface area (Å²) in [6.45, 7) is 3.93. The number of hydrogen-bond donors (Lipinski definition) is 1. The van der Waals surface area contributed by atoms with Crippen molar-refractivity contribution in [1.82, 2.24) is 4.31 Å². The van der Waals surface area contributed by atoms with Gasteiger partial charge in [-0.05, 0) is 18.4 Å². The second-order valence-electron chi connectivity index (χ2n) is 4.41. The zero-order valence-electron chi connectivity index (χ0n) is 9.40. The lowest BCUT2D eigenvalue weighted by molar-refractivity contribution is 0.215. The van der Waals surface area contributed by atoms with Gasteiger partial charge in [0.25, 0.3) is 0 Å². The van der Waals surface area contributed by atoms with E-state index in [9.17, 15) is 8.42 Å². The number of sulfonamides is 1. The monoisotopic (exact) mass is 236 g/mol. The van der Waals surface area contributed by atoms with E-state index in [2.05, 4.69) is 0 Å². The quantitative estimate of drug-likeness (QED) is 0.707. The molecule has 1 fully saturated rings. The predicted octanol–water partition coefficient (Wildman–Crippen LogP) is -0.367. The highest BCUT2D eigenvalue weighted by Crippen LogP contribution is 2.30. The minimum atomic E-state index is -3.15. The van der Waals surface area contributed by atoms with Gasteiger partial charge in [0.15, 0.2) is 0 Å².